The van der Waals surface area contributed by atoms with Crippen LogP contribution in [0.15, 0.2) is 0 Å². The summed E-state index contributed by atoms with van der Waals surface area (Å²) in [5.41, 5.74) is 0. The van der Waals surface area contributed by atoms with Crippen LogP contribution >= 0.6 is 0 Å². The minimum absolute atomic E-state index is 0.168. The predicted molar refractivity (Wildman–Crippen MR) is 64.6 cm³/mol. The molecular weight excluding hydrogens is 238 g/mol. The molecule has 0 spiro atoms. The van der Waals surface area contributed by atoms with Crippen LogP contribution in [0.4, 0.5) is 0 Å². The molecule has 3 fully saturated rings. The number of rotatable bonds is 2. The molecule has 96 valence electrons. The van der Waals surface area contributed by atoms with E-state index in [0.717, 1.165) is 25.7 Å². The molecule has 3 unspecified atom stereocenters. The summed E-state index contributed by atoms with van der Waals surface area (Å²) in [6, 6.07) is 0.661. The summed E-state index contributed by atoms with van der Waals surface area (Å²) in [5, 5.41) is -0.168. The fourth-order valence-corrected chi connectivity index (χ4v) is 5.49. The van der Waals surface area contributed by atoms with Crippen molar-refractivity contribution >= 4 is 15.6 Å². The van der Waals surface area contributed by atoms with Gasteiger partial charge in [-0.3, -0.25) is 9.69 Å². The van der Waals surface area contributed by atoms with Gasteiger partial charge in [-0.05, 0) is 25.7 Å². The molecule has 0 amide bonds. The van der Waals surface area contributed by atoms with E-state index in [9.17, 15) is 13.2 Å². The second-order valence-corrected chi connectivity index (χ2v) is 8.06. The Bertz CT molecular complexity index is 415. The number of sulfone groups is 1. The van der Waals surface area contributed by atoms with Crippen molar-refractivity contribution < 1.29 is 13.2 Å². The molecule has 0 radical (unpaired) electrons. The van der Waals surface area contributed by atoms with Gasteiger partial charge in [-0.15, -0.1) is 0 Å². The van der Waals surface area contributed by atoms with Crippen molar-refractivity contribution in [3.63, 3.8) is 0 Å². The van der Waals surface area contributed by atoms with Crippen molar-refractivity contribution in [1.82, 2.24) is 4.90 Å². The van der Waals surface area contributed by atoms with Crippen LogP contribution < -0.4 is 0 Å². The van der Waals surface area contributed by atoms with Crippen LogP contribution in [-0.4, -0.2) is 48.7 Å². The van der Waals surface area contributed by atoms with E-state index in [0.29, 0.717) is 43.0 Å². The van der Waals surface area contributed by atoms with E-state index in [2.05, 4.69) is 4.90 Å². The fraction of sp³-hybridized carbons (Fsp3) is 0.917. The van der Waals surface area contributed by atoms with E-state index >= 15 is 0 Å². The van der Waals surface area contributed by atoms with Crippen molar-refractivity contribution in [3.05, 3.63) is 0 Å². The number of hydrogen-bond acceptors (Lipinski definition) is 4. The zero-order valence-corrected chi connectivity index (χ0v) is 10.8. The van der Waals surface area contributed by atoms with Crippen LogP contribution in [-0.2, 0) is 14.6 Å². The third-order valence-electron chi connectivity index (χ3n) is 4.58. The normalized spacial score (nSPS) is 40.9. The van der Waals surface area contributed by atoms with Crippen molar-refractivity contribution in [2.45, 2.75) is 55.9 Å². The van der Waals surface area contributed by atoms with Crippen LogP contribution in [0.1, 0.15) is 38.5 Å². The third-order valence-corrected chi connectivity index (χ3v) is 6.83. The maximum Gasteiger partial charge on any atom is 0.154 e. The van der Waals surface area contributed by atoms with Crippen molar-refractivity contribution in [2.75, 3.05) is 12.3 Å². The maximum absolute atomic E-state index is 11.8. The van der Waals surface area contributed by atoms with E-state index in [4.69, 9.17) is 0 Å². The van der Waals surface area contributed by atoms with E-state index in [1.807, 2.05) is 0 Å². The number of carbonyl (C=O) groups is 1. The molecular formula is C12H19NO3S. The summed E-state index contributed by atoms with van der Waals surface area (Å²) in [7, 11) is -2.85. The van der Waals surface area contributed by atoms with Crippen LogP contribution in [0, 0.1) is 0 Å². The van der Waals surface area contributed by atoms with Gasteiger partial charge in [0.05, 0.1) is 11.0 Å². The lowest BCUT2D eigenvalue weighted by atomic mass is 10.0. The summed E-state index contributed by atoms with van der Waals surface area (Å²) in [4.78, 5) is 13.8. The highest BCUT2D eigenvalue weighted by molar-refractivity contribution is 7.92. The summed E-state index contributed by atoms with van der Waals surface area (Å²) >= 11 is 0. The van der Waals surface area contributed by atoms with E-state index in [-0.39, 0.29) is 5.25 Å². The van der Waals surface area contributed by atoms with Gasteiger partial charge in [-0.1, -0.05) is 0 Å². The van der Waals surface area contributed by atoms with E-state index in [1.165, 1.54) is 0 Å². The Balaban J connectivity index is 1.72. The summed E-state index contributed by atoms with van der Waals surface area (Å²) in [5.74, 6) is 0.725. The molecule has 0 aromatic carbocycles. The fourth-order valence-electron chi connectivity index (χ4n) is 3.66. The Morgan fingerprint density at radius 3 is 2.29 bits per heavy atom. The number of ketones is 1. The molecule has 0 aliphatic carbocycles. The van der Waals surface area contributed by atoms with Crippen molar-refractivity contribution in [2.24, 2.45) is 0 Å². The molecule has 5 heteroatoms. The zero-order valence-electron chi connectivity index (χ0n) is 9.97. The number of nitrogens with zero attached hydrogens (tertiary/aromatic N) is 1. The number of fused-ring (bicyclic) bond motifs is 2. The molecule has 3 atom stereocenters. The highest BCUT2D eigenvalue weighted by atomic mass is 32.2. The van der Waals surface area contributed by atoms with E-state index < -0.39 is 9.84 Å². The zero-order chi connectivity index (χ0) is 12.0. The number of Topliss-reactive ketones (excluding diaryl/α,β-unsaturated/α-hetero) is 1. The highest BCUT2D eigenvalue weighted by Gasteiger charge is 2.43. The maximum atomic E-state index is 11.8. The van der Waals surface area contributed by atoms with Gasteiger partial charge in [0.2, 0.25) is 0 Å². The first-order valence-corrected chi connectivity index (χ1v) is 8.27. The summed E-state index contributed by atoms with van der Waals surface area (Å²) in [6.07, 6.45) is 5.06. The Kier molecular flexibility index (Phi) is 2.78. The first-order valence-electron chi connectivity index (χ1n) is 6.55. The molecule has 4 nitrogen and oxygen atoms in total. The molecule has 3 heterocycles. The lowest BCUT2D eigenvalue weighted by molar-refractivity contribution is -0.123. The van der Waals surface area contributed by atoms with Crippen LogP contribution in [0.25, 0.3) is 0 Å². The molecule has 0 aromatic rings. The van der Waals surface area contributed by atoms with Crippen LogP contribution in [0.2, 0.25) is 0 Å². The lowest BCUT2D eigenvalue weighted by Crippen LogP contribution is -2.47. The molecule has 0 saturated carbocycles. The largest absolute Gasteiger partial charge is 0.300 e. The molecule has 17 heavy (non-hydrogen) atoms. The Morgan fingerprint density at radius 2 is 1.76 bits per heavy atom. The van der Waals surface area contributed by atoms with Gasteiger partial charge in [0.25, 0.3) is 0 Å². The average Bonchev–Trinajstić information content (AvgIpc) is 2.69. The van der Waals surface area contributed by atoms with Gasteiger partial charge in [0.1, 0.15) is 5.78 Å². The van der Waals surface area contributed by atoms with Gasteiger partial charge in [0, 0.05) is 31.5 Å². The van der Waals surface area contributed by atoms with Gasteiger partial charge >= 0.3 is 0 Å². The molecule has 3 aliphatic rings. The predicted octanol–water partition coefficient (Wildman–Crippen LogP) is 0.760. The first-order chi connectivity index (χ1) is 8.06. The van der Waals surface area contributed by atoms with Gasteiger partial charge in [-0.25, -0.2) is 8.42 Å². The van der Waals surface area contributed by atoms with E-state index in [1.54, 1.807) is 0 Å². The van der Waals surface area contributed by atoms with Crippen LogP contribution in [0.3, 0.4) is 0 Å². The lowest BCUT2D eigenvalue weighted by Gasteiger charge is -2.35. The van der Waals surface area contributed by atoms with Crippen LogP contribution in [0.5, 0.6) is 0 Å². The number of piperidine rings is 1. The second-order valence-electron chi connectivity index (χ2n) is 5.66. The summed E-state index contributed by atoms with van der Waals surface area (Å²) < 4.78 is 23.7. The highest BCUT2D eigenvalue weighted by Crippen LogP contribution is 2.35. The Hall–Kier alpha value is -0.420. The molecule has 3 rings (SSSR count). The molecule has 0 aromatic heterocycles. The topological polar surface area (TPSA) is 54.5 Å². The molecule has 3 saturated heterocycles. The van der Waals surface area contributed by atoms with Gasteiger partial charge in [-0.2, -0.15) is 0 Å². The number of hydrogen-bond donors (Lipinski definition) is 0. The third kappa shape index (κ3) is 2.03. The smallest absolute Gasteiger partial charge is 0.154 e. The van der Waals surface area contributed by atoms with Crippen molar-refractivity contribution in [1.29, 1.82) is 0 Å². The Labute approximate surface area is 102 Å². The van der Waals surface area contributed by atoms with Crippen molar-refractivity contribution in [3.8, 4) is 0 Å². The Morgan fingerprint density at radius 1 is 1.12 bits per heavy atom. The second kappa shape index (κ2) is 4.05. The molecule has 3 aliphatic heterocycles. The minimum atomic E-state index is -2.85. The van der Waals surface area contributed by atoms with Gasteiger partial charge < -0.3 is 0 Å². The number of carbonyl (C=O) groups excluding carboxylic acids is 1. The molecule has 2 bridgehead atoms. The standard InChI is InChI=1S/C12H19NO3S/c14-11-6-9-3-4-10(7-11)13(9)8-12-2-1-5-17(12,15)16/h9-10,12H,1-8H2. The monoisotopic (exact) mass is 257 g/mol. The average molecular weight is 257 g/mol. The SMILES string of the molecule is O=C1CC2CCC(C1)N2CC1CCCS1(=O)=O. The minimum Gasteiger partial charge on any atom is -0.300 e. The van der Waals surface area contributed by atoms with Gasteiger partial charge in [0.15, 0.2) is 9.84 Å². The molecule has 0 N–H and O–H groups in total. The quantitative estimate of drug-likeness (QED) is 0.733. The summed E-state index contributed by atoms with van der Waals surface area (Å²) in [6.45, 7) is 0.672. The first kappa shape index (κ1) is 11.7.